The topological polar surface area (TPSA) is 143 Å². The molecule has 3 rings (SSSR count). The zero-order valence-electron chi connectivity index (χ0n) is 15.1. The van der Waals surface area contributed by atoms with Gasteiger partial charge in [0.2, 0.25) is 5.88 Å². The van der Waals surface area contributed by atoms with Crippen molar-refractivity contribution in [3.63, 3.8) is 0 Å². The van der Waals surface area contributed by atoms with Crippen LogP contribution < -0.4 is 21.5 Å². The molecule has 2 aromatic rings. The normalized spacial score (nSPS) is 17.6. The Morgan fingerprint density at radius 2 is 2.14 bits per heavy atom. The minimum absolute atomic E-state index is 0.115. The van der Waals surface area contributed by atoms with Crippen molar-refractivity contribution in [2.24, 2.45) is 7.05 Å². The molecule has 0 saturated carbocycles. The summed E-state index contributed by atoms with van der Waals surface area (Å²) in [5.41, 5.74) is -1.08. The van der Waals surface area contributed by atoms with E-state index >= 15 is 0 Å². The molecule has 0 aliphatic heterocycles. The standard InChI is InChI=1S/C17H18ClN5O5/c1-8(7-24)10-6-13(20-21-15(10)25)28-12-4-3-9(5-11(12)18)14-16(26)19-17(27)23(2)22-14/h4-6,8-9,24H,3,7H2,1-2H3,(H,21,25)(H,19,26,27). The Balaban J connectivity index is 1.83. The largest absolute Gasteiger partial charge is 0.436 e. The molecule has 2 heterocycles. The number of ether oxygens (including phenoxy) is 1. The van der Waals surface area contributed by atoms with E-state index < -0.39 is 22.7 Å². The van der Waals surface area contributed by atoms with E-state index in [1.54, 1.807) is 19.1 Å². The minimum Gasteiger partial charge on any atom is -0.436 e. The average molecular weight is 408 g/mol. The zero-order valence-corrected chi connectivity index (χ0v) is 15.9. The summed E-state index contributed by atoms with van der Waals surface area (Å²) in [4.78, 5) is 37.5. The number of aliphatic hydroxyl groups is 1. The number of hydrogen-bond acceptors (Lipinski definition) is 7. The first kappa shape index (κ1) is 19.8. The quantitative estimate of drug-likeness (QED) is 0.643. The van der Waals surface area contributed by atoms with Crippen molar-refractivity contribution in [3.8, 4) is 5.88 Å². The van der Waals surface area contributed by atoms with Crippen molar-refractivity contribution in [3.05, 3.63) is 71.5 Å². The van der Waals surface area contributed by atoms with Gasteiger partial charge in [-0.15, -0.1) is 5.10 Å². The second-order valence-corrected chi connectivity index (χ2v) is 6.78. The summed E-state index contributed by atoms with van der Waals surface area (Å²) >= 11 is 6.28. The van der Waals surface area contributed by atoms with Crippen LogP contribution in [0.3, 0.4) is 0 Å². The lowest BCUT2D eigenvalue weighted by molar-refractivity contribution is 0.271. The number of allylic oxidation sites excluding steroid dienone is 3. The van der Waals surface area contributed by atoms with Gasteiger partial charge in [0, 0.05) is 37.1 Å². The number of nitrogens with one attached hydrogen (secondary N) is 2. The van der Waals surface area contributed by atoms with Crippen LogP contribution in [0.15, 0.2) is 43.4 Å². The Bertz CT molecular complexity index is 1130. The molecule has 2 aromatic heterocycles. The summed E-state index contributed by atoms with van der Waals surface area (Å²) in [6.07, 6.45) is 3.63. The van der Waals surface area contributed by atoms with Gasteiger partial charge < -0.3 is 9.84 Å². The number of hydrogen-bond donors (Lipinski definition) is 3. The van der Waals surface area contributed by atoms with Crippen molar-refractivity contribution in [2.45, 2.75) is 25.2 Å². The average Bonchev–Trinajstić information content (AvgIpc) is 2.67. The Labute approximate surface area is 163 Å². The first-order valence-electron chi connectivity index (χ1n) is 8.43. The third-order valence-corrected chi connectivity index (χ3v) is 4.64. The van der Waals surface area contributed by atoms with Crippen molar-refractivity contribution in [2.75, 3.05) is 6.61 Å². The first-order valence-corrected chi connectivity index (χ1v) is 8.81. The van der Waals surface area contributed by atoms with Crippen LogP contribution in [-0.4, -0.2) is 36.7 Å². The summed E-state index contributed by atoms with van der Waals surface area (Å²) in [5.74, 6) is -0.387. The van der Waals surface area contributed by atoms with Crippen LogP contribution in [0.2, 0.25) is 0 Å². The minimum atomic E-state index is -0.601. The van der Waals surface area contributed by atoms with Crippen molar-refractivity contribution >= 4 is 11.6 Å². The van der Waals surface area contributed by atoms with Crippen LogP contribution in [0, 0.1) is 0 Å². The molecule has 0 bridgehead atoms. The fraction of sp³-hybridized carbons (Fsp3) is 0.353. The highest BCUT2D eigenvalue weighted by atomic mass is 35.5. The van der Waals surface area contributed by atoms with Crippen LogP contribution in [0.4, 0.5) is 0 Å². The van der Waals surface area contributed by atoms with E-state index in [4.69, 9.17) is 16.3 Å². The summed E-state index contributed by atoms with van der Waals surface area (Å²) in [7, 11) is 1.44. The SMILES string of the molecule is CC(CO)c1cc(OC2=CCC(c3nn(C)c(=O)[nH]c3=O)C=C2Cl)n[nH]c1=O. The molecule has 2 unspecified atom stereocenters. The molecule has 3 N–H and O–H groups in total. The molecule has 10 nitrogen and oxygen atoms in total. The summed E-state index contributed by atoms with van der Waals surface area (Å²) in [6, 6.07) is 1.44. The number of aromatic amines is 2. The number of aryl methyl sites for hydroxylation is 1. The van der Waals surface area contributed by atoms with E-state index in [1.165, 1.54) is 13.1 Å². The van der Waals surface area contributed by atoms with Crippen LogP contribution in [0.5, 0.6) is 5.88 Å². The van der Waals surface area contributed by atoms with Gasteiger partial charge in [0.25, 0.3) is 11.1 Å². The van der Waals surface area contributed by atoms with Gasteiger partial charge >= 0.3 is 5.69 Å². The third kappa shape index (κ3) is 3.97. The molecule has 1 aliphatic carbocycles. The molecule has 0 amide bonds. The molecule has 1 aliphatic rings. The molecule has 0 spiro atoms. The van der Waals surface area contributed by atoms with Gasteiger partial charge in [0.15, 0.2) is 0 Å². The number of nitrogens with zero attached hydrogens (tertiary/aromatic N) is 3. The second-order valence-electron chi connectivity index (χ2n) is 6.37. The highest BCUT2D eigenvalue weighted by Crippen LogP contribution is 2.31. The molecule has 0 fully saturated rings. The maximum atomic E-state index is 12.0. The lowest BCUT2D eigenvalue weighted by Crippen LogP contribution is -2.34. The number of H-pyrrole nitrogens is 2. The predicted octanol–water partition coefficient (Wildman–Crippen LogP) is 0.221. The maximum Gasteiger partial charge on any atom is 0.344 e. The van der Waals surface area contributed by atoms with E-state index in [2.05, 4.69) is 20.3 Å². The van der Waals surface area contributed by atoms with Gasteiger partial charge in [-0.05, 0) is 12.5 Å². The predicted molar refractivity (Wildman–Crippen MR) is 100 cm³/mol. The molecule has 2 atom stereocenters. The van der Waals surface area contributed by atoms with Crippen LogP contribution in [-0.2, 0) is 7.05 Å². The number of rotatable bonds is 5. The van der Waals surface area contributed by atoms with Gasteiger partial charge in [0.05, 0.1) is 5.03 Å². The molecule has 28 heavy (non-hydrogen) atoms. The molecular formula is C17H18ClN5O5. The van der Waals surface area contributed by atoms with Crippen molar-refractivity contribution in [1.82, 2.24) is 25.0 Å². The van der Waals surface area contributed by atoms with E-state index in [0.717, 1.165) is 4.68 Å². The van der Waals surface area contributed by atoms with Crippen LogP contribution in [0.1, 0.15) is 36.4 Å². The maximum absolute atomic E-state index is 12.0. The Hall–Kier alpha value is -2.98. The van der Waals surface area contributed by atoms with E-state index in [-0.39, 0.29) is 29.1 Å². The fourth-order valence-corrected chi connectivity index (χ4v) is 2.97. The first-order chi connectivity index (χ1) is 13.3. The number of aromatic nitrogens is 5. The fourth-order valence-electron chi connectivity index (χ4n) is 2.71. The van der Waals surface area contributed by atoms with Crippen molar-refractivity contribution < 1.29 is 9.84 Å². The highest BCUT2D eigenvalue weighted by molar-refractivity contribution is 6.31. The van der Waals surface area contributed by atoms with E-state index in [0.29, 0.717) is 17.7 Å². The third-order valence-electron chi connectivity index (χ3n) is 4.32. The highest BCUT2D eigenvalue weighted by Gasteiger charge is 2.22. The molecule has 0 aromatic carbocycles. The van der Waals surface area contributed by atoms with Crippen molar-refractivity contribution in [1.29, 1.82) is 0 Å². The Kier molecular flexibility index (Phi) is 5.61. The molecule has 11 heteroatoms. The summed E-state index contributed by atoms with van der Waals surface area (Å²) in [6.45, 7) is 1.50. The molecule has 0 radical (unpaired) electrons. The van der Waals surface area contributed by atoms with Crippen LogP contribution in [0.25, 0.3) is 0 Å². The van der Waals surface area contributed by atoms with E-state index in [1.807, 2.05) is 0 Å². The van der Waals surface area contributed by atoms with E-state index in [9.17, 15) is 19.5 Å². The number of aliphatic hydroxyl groups excluding tert-OH is 1. The van der Waals surface area contributed by atoms with Gasteiger partial charge in [-0.1, -0.05) is 24.6 Å². The van der Waals surface area contributed by atoms with Gasteiger partial charge in [-0.3, -0.25) is 14.6 Å². The van der Waals surface area contributed by atoms with Gasteiger partial charge in [0.1, 0.15) is 11.5 Å². The summed E-state index contributed by atoms with van der Waals surface area (Å²) < 4.78 is 6.70. The number of halogens is 1. The molecule has 0 saturated heterocycles. The lowest BCUT2D eigenvalue weighted by atomic mass is 9.97. The molecular weight excluding hydrogens is 390 g/mol. The zero-order chi connectivity index (χ0) is 20.4. The second kappa shape index (κ2) is 7.95. The summed E-state index contributed by atoms with van der Waals surface area (Å²) in [5, 5.41) is 19.6. The Morgan fingerprint density at radius 1 is 1.39 bits per heavy atom. The monoisotopic (exact) mass is 407 g/mol. The lowest BCUT2D eigenvalue weighted by Gasteiger charge is -2.18. The Morgan fingerprint density at radius 3 is 2.82 bits per heavy atom. The smallest absolute Gasteiger partial charge is 0.344 e. The van der Waals surface area contributed by atoms with Crippen LogP contribution >= 0.6 is 11.6 Å². The molecule has 148 valence electrons. The van der Waals surface area contributed by atoms with Gasteiger partial charge in [-0.25, -0.2) is 14.6 Å². The van der Waals surface area contributed by atoms with Gasteiger partial charge in [-0.2, -0.15) is 5.10 Å².